The largest absolute Gasteiger partial charge is 0.303 e. The lowest BCUT2D eigenvalue weighted by atomic mass is 9.82. The van der Waals surface area contributed by atoms with Crippen molar-refractivity contribution in [1.82, 2.24) is 9.80 Å². The van der Waals surface area contributed by atoms with Crippen LogP contribution in [0.5, 0.6) is 0 Å². The van der Waals surface area contributed by atoms with Gasteiger partial charge >= 0.3 is 0 Å². The summed E-state index contributed by atoms with van der Waals surface area (Å²) in [6.07, 6.45) is 5.57. The van der Waals surface area contributed by atoms with Crippen molar-refractivity contribution < 1.29 is 0 Å². The van der Waals surface area contributed by atoms with Crippen LogP contribution >= 0.6 is 0 Å². The molecule has 18 heavy (non-hydrogen) atoms. The van der Waals surface area contributed by atoms with Gasteiger partial charge < -0.3 is 9.80 Å². The van der Waals surface area contributed by atoms with Gasteiger partial charge in [-0.3, -0.25) is 0 Å². The van der Waals surface area contributed by atoms with Crippen molar-refractivity contribution in [3.05, 3.63) is 0 Å². The van der Waals surface area contributed by atoms with Crippen LogP contribution in [0.4, 0.5) is 0 Å². The fourth-order valence-corrected chi connectivity index (χ4v) is 3.10. The average molecular weight is 254 g/mol. The molecule has 0 bridgehead atoms. The summed E-state index contributed by atoms with van der Waals surface area (Å²) in [4.78, 5) is 5.35. The molecule has 2 saturated heterocycles. The Hall–Kier alpha value is -0.0800. The average Bonchev–Trinajstić information content (AvgIpc) is 2.41. The van der Waals surface area contributed by atoms with Crippen LogP contribution in [0.3, 0.4) is 0 Å². The van der Waals surface area contributed by atoms with Crippen LogP contribution in [0.1, 0.15) is 60.3 Å². The van der Waals surface area contributed by atoms with Crippen LogP contribution in [0.25, 0.3) is 0 Å². The topological polar surface area (TPSA) is 6.48 Å². The van der Waals surface area contributed by atoms with Crippen LogP contribution in [-0.4, -0.2) is 48.6 Å². The van der Waals surface area contributed by atoms with Gasteiger partial charge in [0.05, 0.1) is 0 Å². The predicted molar refractivity (Wildman–Crippen MR) is 81.1 cm³/mol. The minimum atomic E-state index is 0.598. The smallest absolute Gasteiger partial charge is 0.0120 e. The molecule has 0 aromatic carbocycles. The Labute approximate surface area is 115 Å². The van der Waals surface area contributed by atoms with Crippen molar-refractivity contribution in [3.8, 4) is 0 Å². The lowest BCUT2D eigenvalue weighted by molar-refractivity contribution is 0.0577. The molecule has 2 rings (SSSR count). The van der Waals surface area contributed by atoms with E-state index in [1.165, 1.54) is 58.4 Å². The second kappa shape index (κ2) is 7.49. The van der Waals surface area contributed by atoms with Gasteiger partial charge in [-0.1, -0.05) is 34.6 Å². The summed E-state index contributed by atoms with van der Waals surface area (Å²) in [6, 6.07) is 0.888. The summed E-state index contributed by atoms with van der Waals surface area (Å²) in [7, 11) is 0. The molecule has 0 aromatic rings. The van der Waals surface area contributed by atoms with E-state index in [4.69, 9.17) is 0 Å². The summed E-state index contributed by atoms with van der Waals surface area (Å²) < 4.78 is 0. The first kappa shape index (κ1) is 16.0. The molecule has 0 unspecified atom stereocenters. The Morgan fingerprint density at radius 1 is 0.944 bits per heavy atom. The molecular weight excluding hydrogens is 220 g/mol. The molecular formula is C16H34N2. The number of likely N-dealkylation sites (tertiary alicyclic amines) is 2. The number of hydrogen-bond acceptors (Lipinski definition) is 2. The quantitative estimate of drug-likeness (QED) is 0.742. The Kier molecular flexibility index (Phi) is 6.65. The summed E-state index contributed by atoms with van der Waals surface area (Å²) >= 11 is 0. The molecule has 108 valence electrons. The third-order valence-corrected chi connectivity index (χ3v) is 4.67. The summed E-state index contributed by atoms with van der Waals surface area (Å²) in [5.41, 5.74) is 0.598. The van der Waals surface area contributed by atoms with Gasteiger partial charge in [0.1, 0.15) is 0 Å². The summed E-state index contributed by atoms with van der Waals surface area (Å²) in [5, 5.41) is 0. The molecule has 0 atom stereocenters. The maximum absolute atomic E-state index is 2.76. The minimum absolute atomic E-state index is 0.598. The van der Waals surface area contributed by atoms with Crippen LogP contribution in [0.15, 0.2) is 0 Å². The Bertz CT molecular complexity index is 207. The van der Waals surface area contributed by atoms with E-state index in [1.54, 1.807) is 0 Å². The van der Waals surface area contributed by atoms with Crippen molar-refractivity contribution in [2.24, 2.45) is 5.41 Å². The van der Waals surface area contributed by atoms with Gasteiger partial charge in [0.25, 0.3) is 0 Å². The molecule has 0 aromatic heterocycles. The highest BCUT2D eigenvalue weighted by Crippen LogP contribution is 2.32. The van der Waals surface area contributed by atoms with E-state index >= 15 is 0 Å². The number of piperidine rings is 2. The van der Waals surface area contributed by atoms with E-state index in [0.717, 1.165) is 6.04 Å². The normalized spacial score (nSPS) is 26.5. The Morgan fingerprint density at radius 2 is 1.44 bits per heavy atom. The number of nitrogens with zero attached hydrogens (tertiary/aromatic N) is 2. The molecule has 2 aliphatic rings. The monoisotopic (exact) mass is 254 g/mol. The zero-order chi connectivity index (χ0) is 13.6. The highest BCUT2D eigenvalue weighted by molar-refractivity contribution is 4.85. The maximum atomic E-state index is 2.76. The molecule has 2 aliphatic heterocycles. The predicted octanol–water partition coefficient (Wildman–Crippen LogP) is 3.62. The fraction of sp³-hybridized carbons (Fsp3) is 1.00. The van der Waals surface area contributed by atoms with E-state index in [-0.39, 0.29) is 0 Å². The fourth-order valence-electron chi connectivity index (χ4n) is 3.10. The molecule has 0 amide bonds. The Morgan fingerprint density at radius 3 is 1.89 bits per heavy atom. The first-order valence-corrected chi connectivity index (χ1v) is 8.07. The van der Waals surface area contributed by atoms with Crippen molar-refractivity contribution in [1.29, 1.82) is 0 Å². The van der Waals surface area contributed by atoms with Crippen molar-refractivity contribution in [3.63, 3.8) is 0 Å². The molecule has 0 saturated carbocycles. The van der Waals surface area contributed by atoms with Gasteiger partial charge in [0.2, 0.25) is 0 Å². The van der Waals surface area contributed by atoms with Gasteiger partial charge in [-0.25, -0.2) is 0 Å². The standard InChI is InChI=1S/C14H28N2.C2H6/c1-4-15-9-5-13(6-10-15)16-11-7-14(2,3)8-12-16;1-2/h13H,4-12H2,1-3H3;1-2H3. The van der Waals surface area contributed by atoms with Gasteiger partial charge in [0, 0.05) is 6.04 Å². The number of hydrogen-bond donors (Lipinski definition) is 0. The zero-order valence-corrected chi connectivity index (χ0v) is 13.3. The highest BCUT2D eigenvalue weighted by Gasteiger charge is 2.30. The second-order valence-electron chi connectivity index (χ2n) is 6.37. The van der Waals surface area contributed by atoms with Crippen LogP contribution in [-0.2, 0) is 0 Å². The highest BCUT2D eigenvalue weighted by atomic mass is 15.2. The lowest BCUT2D eigenvalue weighted by Crippen LogP contribution is -2.48. The van der Waals surface area contributed by atoms with Gasteiger partial charge in [-0.05, 0) is 63.8 Å². The number of rotatable bonds is 2. The zero-order valence-electron chi connectivity index (χ0n) is 13.3. The molecule has 2 heterocycles. The van der Waals surface area contributed by atoms with E-state index in [0.29, 0.717) is 5.41 Å². The lowest BCUT2D eigenvalue weighted by Gasteiger charge is -2.44. The summed E-state index contributed by atoms with van der Waals surface area (Å²) in [5.74, 6) is 0. The van der Waals surface area contributed by atoms with E-state index in [9.17, 15) is 0 Å². The van der Waals surface area contributed by atoms with Crippen molar-refractivity contribution in [2.75, 3.05) is 32.7 Å². The van der Waals surface area contributed by atoms with Gasteiger partial charge in [-0.2, -0.15) is 0 Å². The molecule has 2 fully saturated rings. The molecule has 0 aliphatic carbocycles. The Balaban J connectivity index is 0.000000771. The van der Waals surface area contributed by atoms with E-state index < -0.39 is 0 Å². The van der Waals surface area contributed by atoms with Crippen molar-refractivity contribution in [2.45, 2.75) is 66.3 Å². The first-order chi connectivity index (χ1) is 8.61. The van der Waals surface area contributed by atoms with Gasteiger partial charge in [0.15, 0.2) is 0 Å². The molecule has 0 N–H and O–H groups in total. The third-order valence-electron chi connectivity index (χ3n) is 4.67. The van der Waals surface area contributed by atoms with E-state index in [1.807, 2.05) is 13.8 Å². The van der Waals surface area contributed by atoms with Crippen LogP contribution in [0, 0.1) is 5.41 Å². The molecule has 0 spiro atoms. The van der Waals surface area contributed by atoms with Crippen LogP contribution < -0.4 is 0 Å². The first-order valence-electron chi connectivity index (χ1n) is 8.07. The molecule has 2 heteroatoms. The summed E-state index contributed by atoms with van der Waals surface area (Å²) in [6.45, 7) is 17.7. The second-order valence-corrected chi connectivity index (χ2v) is 6.37. The van der Waals surface area contributed by atoms with Crippen molar-refractivity contribution >= 4 is 0 Å². The third kappa shape index (κ3) is 4.55. The SMILES string of the molecule is CC.CCN1CCC(N2CCC(C)(C)CC2)CC1. The maximum Gasteiger partial charge on any atom is 0.0120 e. The van der Waals surface area contributed by atoms with Gasteiger partial charge in [-0.15, -0.1) is 0 Å². The molecule has 2 nitrogen and oxygen atoms in total. The molecule has 0 radical (unpaired) electrons. The van der Waals surface area contributed by atoms with E-state index in [2.05, 4.69) is 30.6 Å². The van der Waals surface area contributed by atoms with Crippen LogP contribution in [0.2, 0.25) is 0 Å². The minimum Gasteiger partial charge on any atom is -0.303 e.